The van der Waals surface area contributed by atoms with E-state index in [2.05, 4.69) is 67.6 Å². The van der Waals surface area contributed by atoms with Gasteiger partial charge in [-0.05, 0) is 110 Å². The van der Waals surface area contributed by atoms with Gasteiger partial charge in [-0.25, -0.2) is 0 Å². The van der Waals surface area contributed by atoms with Gasteiger partial charge in [-0.2, -0.15) is 0 Å². The highest BCUT2D eigenvalue weighted by Crippen LogP contribution is 2.70. The first kappa shape index (κ1) is 27.0. The summed E-state index contributed by atoms with van der Waals surface area (Å²) in [4.78, 5) is 0. The van der Waals surface area contributed by atoms with Crippen molar-refractivity contribution in [3.8, 4) is 0 Å². The zero-order valence-corrected chi connectivity index (χ0v) is 26.5. The summed E-state index contributed by atoms with van der Waals surface area (Å²) in [5.41, 5.74) is 2.54. The van der Waals surface area contributed by atoms with Gasteiger partial charge in [0, 0.05) is 18.4 Å². The maximum atomic E-state index is 6.98. The van der Waals surface area contributed by atoms with Crippen molar-refractivity contribution in [1.29, 1.82) is 0 Å². The molecule has 4 heteroatoms. The standard InChI is InChI=1S/C33H56O3Si/c1-21-12-17-33(34-20-21)22(2)29-28(35-33)19-27-25-11-10-23-18-24(36-37(8,9)30(3,4)5)13-15-31(23,6)26(25)14-16-32(27,29)7/h10,21-22,24-29H,11-20H2,1-9H3/t21?,22-,24?,25+,26-,27-,28-,29-,31-,32-,33+/m0/s1. The first-order chi connectivity index (χ1) is 17.2. The van der Waals surface area contributed by atoms with Gasteiger partial charge in [-0.3, -0.25) is 0 Å². The first-order valence-corrected chi connectivity index (χ1v) is 18.8. The van der Waals surface area contributed by atoms with Crippen molar-refractivity contribution in [3.63, 3.8) is 0 Å². The van der Waals surface area contributed by atoms with Crippen molar-refractivity contribution in [3.05, 3.63) is 11.6 Å². The van der Waals surface area contributed by atoms with Crippen LogP contribution in [0.3, 0.4) is 0 Å². The largest absolute Gasteiger partial charge is 0.414 e. The molecule has 2 unspecified atom stereocenters. The highest BCUT2D eigenvalue weighted by atomic mass is 28.4. The normalized spacial score (nSPS) is 51.8. The van der Waals surface area contributed by atoms with Gasteiger partial charge in [-0.15, -0.1) is 0 Å². The summed E-state index contributed by atoms with van der Waals surface area (Å²) in [6, 6.07) is 0. The summed E-state index contributed by atoms with van der Waals surface area (Å²) in [6.07, 6.45) is 15.0. The van der Waals surface area contributed by atoms with E-state index < -0.39 is 8.32 Å². The lowest BCUT2D eigenvalue weighted by Gasteiger charge is -2.59. The molecule has 4 aliphatic carbocycles. The zero-order valence-electron chi connectivity index (χ0n) is 25.5. The Labute approximate surface area is 229 Å². The molecule has 3 saturated carbocycles. The van der Waals surface area contributed by atoms with Gasteiger partial charge >= 0.3 is 0 Å². The lowest BCUT2D eigenvalue weighted by molar-refractivity contribution is -0.272. The topological polar surface area (TPSA) is 27.7 Å². The molecule has 37 heavy (non-hydrogen) atoms. The Morgan fingerprint density at radius 1 is 1.00 bits per heavy atom. The highest BCUT2D eigenvalue weighted by Gasteiger charge is 2.68. The lowest BCUT2D eigenvalue weighted by atomic mass is 9.47. The molecule has 11 atom stereocenters. The van der Waals surface area contributed by atoms with Crippen LogP contribution in [0.2, 0.25) is 18.1 Å². The summed E-state index contributed by atoms with van der Waals surface area (Å²) in [5.74, 6) is 4.04. The molecule has 2 aliphatic heterocycles. The fourth-order valence-corrected chi connectivity index (χ4v) is 11.7. The van der Waals surface area contributed by atoms with E-state index in [-0.39, 0.29) is 10.8 Å². The summed E-state index contributed by atoms with van der Waals surface area (Å²) in [7, 11) is -1.73. The lowest BCUT2D eigenvalue weighted by Crippen LogP contribution is -2.53. The second-order valence-electron chi connectivity index (χ2n) is 16.5. The monoisotopic (exact) mass is 528 g/mol. The molecule has 0 aromatic heterocycles. The molecule has 2 saturated heterocycles. The van der Waals surface area contributed by atoms with Crippen molar-refractivity contribution >= 4 is 8.32 Å². The van der Waals surface area contributed by atoms with E-state index in [1.54, 1.807) is 5.57 Å². The van der Waals surface area contributed by atoms with E-state index in [4.69, 9.17) is 13.9 Å². The van der Waals surface area contributed by atoms with E-state index in [0.29, 0.717) is 40.8 Å². The number of hydrogen-bond donors (Lipinski definition) is 0. The third-order valence-electron chi connectivity index (χ3n) is 13.6. The number of ether oxygens (including phenoxy) is 2. The van der Waals surface area contributed by atoms with Gasteiger partial charge in [0.2, 0.25) is 0 Å². The summed E-state index contributed by atoms with van der Waals surface area (Å²) in [6.45, 7) is 23.0. The number of allylic oxidation sites excluding steroid dienone is 1. The summed E-state index contributed by atoms with van der Waals surface area (Å²) >= 11 is 0. The average molecular weight is 529 g/mol. The van der Waals surface area contributed by atoms with Crippen LogP contribution in [-0.2, 0) is 13.9 Å². The van der Waals surface area contributed by atoms with E-state index in [1.807, 2.05) is 0 Å². The molecular formula is C33H56O3Si. The van der Waals surface area contributed by atoms with Crippen LogP contribution in [0.5, 0.6) is 0 Å². The first-order valence-electron chi connectivity index (χ1n) is 15.9. The predicted molar refractivity (Wildman–Crippen MR) is 154 cm³/mol. The molecule has 0 radical (unpaired) electrons. The third kappa shape index (κ3) is 3.96. The highest BCUT2D eigenvalue weighted by molar-refractivity contribution is 6.74. The minimum Gasteiger partial charge on any atom is -0.414 e. The minimum absolute atomic E-state index is 0.285. The van der Waals surface area contributed by atoms with Crippen LogP contribution in [0, 0.1) is 46.3 Å². The molecule has 3 nitrogen and oxygen atoms in total. The molecule has 0 amide bonds. The van der Waals surface area contributed by atoms with Gasteiger partial charge < -0.3 is 13.9 Å². The second-order valence-corrected chi connectivity index (χ2v) is 21.3. The fourth-order valence-electron chi connectivity index (χ4n) is 10.3. The summed E-state index contributed by atoms with van der Waals surface area (Å²) in [5, 5.41) is 0.285. The smallest absolute Gasteiger partial charge is 0.192 e. The van der Waals surface area contributed by atoms with Gasteiger partial charge in [0.05, 0.1) is 12.7 Å². The number of fused-ring (bicyclic) bond motifs is 7. The van der Waals surface area contributed by atoms with Crippen LogP contribution in [0.4, 0.5) is 0 Å². The average Bonchev–Trinajstić information content (AvgIpc) is 3.25. The van der Waals surface area contributed by atoms with Gasteiger partial charge in [0.1, 0.15) is 0 Å². The molecule has 0 bridgehead atoms. The van der Waals surface area contributed by atoms with Crippen molar-refractivity contribution in [2.45, 2.75) is 142 Å². The second kappa shape index (κ2) is 8.67. The van der Waals surface area contributed by atoms with Crippen LogP contribution >= 0.6 is 0 Å². The molecule has 5 fully saturated rings. The molecule has 6 rings (SSSR count). The predicted octanol–water partition coefficient (Wildman–Crippen LogP) is 8.74. The van der Waals surface area contributed by atoms with Gasteiger partial charge in [-0.1, -0.05) is 60.1 Å². The molecule has 210 valence electrons. The Morgan fingerprint density at radius 3 is 2.43 bits per heavy atom. The van der Waals surface area contributed by atoms with Crippen molar-refractivity contribution in [2.75, 3.05) is 6.61 Å². The Kier molecular flexibility index (Phi) is 6.33. The SMILES string of the molecule is CC1CC[C@@]2(OC1)O[C@H]1C[C@H]3[C@@H]4CC=C5CC(O[Si](C)(C)C(C)(C)C)CC[C@]5(C)[C@H]4CC[C@]3(C)[C@H]1[C@@H]2C. The van der Waals surface area contributed by atoms with E-state index >= 15 is 0 Å². The Hall–Kier alpha value is -0.163. The zero-order chi connectivity index (χ0) is 26.6. The molecule has 2 heterocycles. The Balaban J connectivity index is 1.20. The van der Waals surface area contributed by atoms with Crippen molar-refractivity contribution in [2.24, 2.45) is 46.3 Å². The number of hydrogen-bond acceptors (Lipinski definition) is 3. The molecular weight excluding hydrogens is 472 g/mol. The Morgan fingerprint density at radius 2 is 1.76 bits per heavy atom. The molecule has 0 aromatic carbocycles. The quantitative estimate of drug-likeness (QED) is 0.265. The van der Waals surface area contributed by atoms with Crippen molar-refractivity contribution in [1.82, 2.24) is 0 Å². The van der Waals surface area contributed by atoms with Crippen LogP contribution in [0.25, 0.3) is 0 Å². The maximum absolute atomic E-state index is 6.98. The van der Waals surface area contributed by atoms with E-state index in [1.165, 1.54) is 51.4 Å². The third-order valence-corrected chi connectivity index (χ3v) is 18.1. The molecule has 0 N–H and O–H groups in total. The van der Waals surface area contributed by atoms with Crippen LogP contribution in [-0.4, -0.2) is 32.9 Å². The van der Waals surface area contributed by atoms with Gasteiger partial charge in [0.15, 0.2) is 14.1 Å². The molecule has 6 aliphatic rings. The Bertz CT molecular complexity index is 926. The summed E-state index contributed by atoms with van der Waals surface area (Å²) < 4.78 is 20.5. The van der Waals surface area contributed by atoms with Crippen LogP contribution in [0.15, 0.2) is 11.6 Å². The van der Waals surface area contributed by atoms with E-state index in [0.717, 1.165) is 30.8 Å². The van der Waals surface area contributed by atoms with Gasteiger partial charge in [0.25, 0.3) is 0 Å². The fraction of sp³-hybridized carbons (Fsp3) is 0.939. The van der Waals surface area contributed by atoms with E-state index in [9.17, 15) is 0 Å². The van der Waals surface area contributed by atoms with Crippen LogP contribution in [0.1, 0.15) is 106 Å². The molecule has 1 spiro atoms. The molecule has 0 aromatic rings. The number of rotatable bonds is 2. The minimum atomic E-state index is -1.73. The van der Waals surface area contributed by atoms with Crippen LogP contribution < -0.4 is 0 Å². The van der Waals surface area contributed by atoms with Crippen molar-refractivity contribution < 1.29 is 13.9 Å². The maximum Gasteiger partial charge on any atom is 0.192 e.